The highest BCUT2D eigenvalue weighted by atomic mass is 35.5. The Bertz CT molecular complexity index is 456. The molecular weight excluding hydrogens is 215 g/mol. The molecule has 0 fully saturated rings. The van der Waals surface area contributed by atoms with E-state index in [9.17, 15) is 4.39 Å². The number of hydrogen-bond acceptors (Lipinski definition) is 2. The minimum absolute atomic E-state index is 0.283. The lowest BCUT2D eigenvalue weighted by Gasteiger charge is -2.04. The highest BCUT2D eigenvalue weighted by molar-refractivity contribution is 6.30. The van der Waals surface area contributed by atoms with Gasteiger partial charge in [0.25, 0.3) is 0 Å². The number of aromatic nitrogens is 1. The first-order chi connectivity index (χ1) is 7.24. The van der Waals surface area contributed by atoms with Crippen LogP contribution in [0.4, 0.5) is 15.9 Å². The monoisotopic (exact) mass is 222 g/mol. The fourth-order valence-electron chi connectivity index (χ4n) is 1.16. The molecule has 2 rings (SSSR count). The van der Waals surface area contributed by atoms with E-state index in [4.69, 9.17) is 11.6 Å². The molecule has 1 heterocycles. The van der Waals surface area contributed by atoms with Crippen LogP contribution in [0.5, 0.6) is 0 Å². The molecule has 15 heavy (non-hydrogen) atoms. The van der Waals surface area contributed by atoms with Gasteiger partial charge in [0.05, 0.1) is 5.02 Å². The van der Waals surface area contributed by atoms with Crippen LogP contribution in [0.25, 0.3) is 0 Å². The van der Waals surface area contributed by atoms with Crippen LogP contribution in [-0.4, -0.2) is 4.98 Å². The maximum atomic E-state index is 12.9. The first-order valence-electron chi connectivity index (χ1n) is 4.38. The molecule has 1 aromatic carbocycles. The number of halogens is 2. The molecule has 0 aliphatic rings. The Hall–Kier alpha value is -1.61. The number of pyridine rings is 1. The smallest absolute Gasteiger partial charge is 0.130 e. The molecule has 1 aromatic heterocycles. The molecule has 0 aliphatic carbocycles. The predicted octanol–water partition coefficient (Wildman–Crippen LogP) is 3.62. The number of hydrogen-bond donors (Lipinski definition) is 1. The predicted molar refractivity (Wildman–Crippen MR) is 58.9 cm³/mol. The summed E-state index contributed by atoms with van der Waals surface area (Å²) in [6.07, 6.45) is 1.53. The molecule has 0 amide bonds. The molecule has 0 saturated carbocycles. The Morgan fingerprint density at radius 1 is 1.20 bits per heavy atom. The lowest BCUT2D eigenvalue weighted by atomic mass is 10.3. The highest BCUT2D eigenvalue weighted by Crippen LogP contribution is 2.16. The Labute approximate surface area is 91.7 Å². The molecule has 0 bridgehead atoms. The number of nitrogens with one attached hydrogen (secondary N) is 1. The van der Waals surface area contributed by atoms with Crippen molar-refractivity contribution in [2.24, 2.45) is 0 Å². The van der Waals surface area contributed by atoms with Gasteiger partial charge in [-0.2, -0.15) is 0 Å². The first-order valence-corrected chi connectivity index (χ1v) is 4.76. The van der Waals surface area contributed by atoms with Crippen molar-refractivity contribution in [1.29, 1.82) is 0 Å². The van der Waals surface area contributed by atoms with E-state index in [1.54, 1.807) is 24.3 Å². The van der Waals surface area contributed by atoms with Crippen LogP contribution < -0.4 is 5.32 Å². The van der Waals surface area contributed by atoms with Gasteiger partial charge in [0, 0.05) is 11.9 Å². The van der Waals surface area contributed by atoms with Gasteiger partial charge in [-0.15, -0.1) is 0 Å². The number of anilines is 2. The van der Waals surface area contributed by atoms with Crippen LogP contribution in [0.3, 0.4) is 0 Å². The van der Waals surface area contributed by atoms with Gasteiger partial charge in [0.1, 0.15) is 11.6 Å². The van der Waals surface area contributed by atoms with E-state index in [0.29, 0.717) is 16.5 Å². The molecular formula is C11H8ClFN2. The Kier molecular flexibility index (Phi) is 2.83. The summed E-state index contributed by atoms with van der Waals surface area (Å²) in [5.41, 5.74) is 0.657. The highest BCUT2D eigenvalue weighted by Gasteiger charge is 1.97. The van der Waals surface area contributed by atoms with Gasteiger partial charge in [-0.1, -0.05) is 17.7 Å². The Balaban J connectivity index is 2.18. The number of nitrogens with zero attached hydrogens (tertiary/aromatic N) is 1. The molecule has 0 radical (unpaired) electrons. The summed E-state index contributed by atoms with van der Waals surface area (Å²) in [5.74, 6) is 0.346. The summed E-state index contributed by atoms with van der Waals surface area (Å²) in [6.45, 7) is 0. The molecule has 4 heteroatoms. The third-order valence-corrected chi connectivity index (χ3v) is 2.05. The van der Waals surface area contributed by atoms with Crippen molar-refractivity contribution in [3.8, 4) is 0 Å². The van der Waals surface area contributed by atoms with Gasteiger partial charge in [-0.05, 0) is 30.3 Å². The molecule has 0 unspecified atom stereocenters. The van der Waals surface area contributed by atoms with Crippen LogP contribution >= 0.6 is 11.6 Å². The van der Waals surface area contributed by atoms with Crippen molar-refractivity contribution in [3.05, 3.63) is 53.4 Å². The van der Waals surface area contributed by atoms with E-state index in [0.717, 1.165) is 0 Å². The Morgan fingerprint density at radius 2 is 2.07 bits per heavy atom. The van der Waals surface area contributed by atoms with E-state index >= 15 is 0 Å². The van der Waals surface area contributed by atoms with Crippen LogP contribution in [0.2, 0.25) is 5.02 Å². The van der Waals surface area contributed by atoms with Crippen LogP contribution in [-0.2, 0) is 0 Å². The second kappa shape index (κ2) is 4.28. The van der Waals surface area contributed by atoms with E-state index in [2.05, 4.69) is 10.3 Å². The summed E-state index contributed by atoms with van der Waals surface area (Å²) >= 11 is 5.69. The van der Waals surface area contributed by atoms with Gasteiger partial charge in [-0.3, -0.25) is 0 Å². The molecule has 0 atom stereocenters. The van der Waals surface area contributed by atoms with Crippen molar-refractivity contribution in [1.82, 2.24) is 4.98 Å². The largest absolute Gasteiger partial charge is 0.340 e. The minimum atomic E-state index is -0.283. The normalized spacial score (nSPS) is 10.0. The lowest BCUT2D eigenvalue weighted by Crippen LogP contribution is -1.92. The van der Waals surface area contributed by atoms with Crippen LogP contribution in [0.15, 0.2) is 42.6 Å². The second-order valence-corrected chi connectivity index (χ2v) is 3.43. The topological polar surface area (TPSA) is 24.9 Å². The standard InChI is InChI=1S/C11H8ClFN2/c12-8-4-5-11(14-7-8)15-10-3-1-2-9(13)6-10/h1-7H,(H,14,15). The van der Waals surface area contributed by atoms with Gasteiger partial charge >= 0.3 is 0 Å². The molecule has 1 N–H and O–H groups in total. The third kappa shape index (κ3) is 2.67. The fraction of sp³-hybridized carbons (Fsp3) is 0. The number of benzene rings is 1. The summed E-state index contributed by atoms with van der Waals surface area (Å²) < 4.78 is 12.9. The van der Waals surface area contributed by atoms with Crippen molar-refractivity contribution in [2.75, 3.05) is 5.32 Å². The summed E-state index contributed by atoms with van der Waals surface area (Å²) in [7, 11) is 0. The first kappa shape index (κ1) is 9.93. The third-order valence-electron chi connectivity index (χ3n) is 1.82. The van der Waals surface area contributed by atoms with Gasteiger partial charge in [-0.25, -0.2) is 9.37 Å². The van der Waals surface area contributed by atoms with Gasteiger partial charge in [0.15, 0.2) is 0 Å². The number of rotatable bonds is 2. The maximum Gasteiger partial charge on any atom is 0.130 e. The maximum absolute atomic E-state index is 12.9. The molecule has 2 nitrogen and oxygen atoms in total. The van der Waals surface area contributed by atoms with Gasteiger partial charge in [0.2, 0.25) is 0 Å². The van der Waals surface area contributed by atoms with Crippen molar-refractivity contribution < 1.29 is 4.39 Å². The van der Waals surface area contributed by atoms with E-state index in [-0.39, 0.29) is 5.82 Å². The zero-order chi connectivity index (χ0) is 10.7. The fourth-order valence-corrected chi connectivity index (χ4v) is 1.28. The summed E-state index contributed by atoms with van der Waals surface area (Å²) in [6, 6.07) is 9.63. The molecule has 2 aromatic rings. The van der Waals surface area contributed by atoms with E-state index in [1.165, 1.54) is 18.3 Å². The lowest BCUT2D eigenvalue weighted by molar-refractivity contribution is 0.628. The van der Waals surface area contributed by atoms with Crippen molar-refractivity contribution >= 4 is 23.1 Å². The molecule has 0 aliphatic heterocycles. The van der Waals surface area contributed by atoms with Crippen LogP contribution in [0, 0.1) is 5.82 Å². The molecule has 0 saturated heterocycles. The van der Waals surface area contributed by atoms with Gasteiger partial charge < -0.3 is 5.32 Å². The summed E-state index contributed by atoms with van der Waals surface area (Å²) in [5, 5.41) is 3.53. The zero-order valence-corrected chi connectivity index (χ0v) is 8.50. The second-order valence-electron chi connectivity index (χ2n) is 3.00. The van der Waals surface area contributed by atoms with Crippen LogP contribution in [0.1, 0.15) is 0 Å². The molecule has 76 valence electrons. The zero-order valence-electron chi connectivity index (χ0n) is 7.74. The van der Waals surface area contributed by atoms with Crippen molar-refractivity contribution in [2.45, 2.75) is 0 Å². The average molecular weight is 223 g/mol. The quantitative estimate of drug-likeness (QED) is 0.840. The van der Waals surface area contributed by atoms with Crippen molar-refractivity contribution in [3.63, 3.8) is 0 Å². The van der Waals surface area contributed by atoms with E-state index < -0.39 is 0 Å². The van der Waals surface area contributed by atoms with E-state index in [1.807, 2.05) is 0 Å². The Morgan fingerprint density at radius 3 is 2.73 bits per heavy atom. The average Bonchev–Trinajstić information content (AvgIpc) is 2.22. The minimum Gasteiger partial charge on any atom is -0.340 e. The summed E-state index contributed by atoms with van der Waals surface area (Å²) in [4.78, 5) is 4.04. The molecule has 0 spiro atoms. The SMILES string of the molecule is Fc1cccc(Nc2ccc(Cl)cn2)c1.